The molecule has 0 radical (unpaired) electrons. The molecule has 6 heteroatoms. The highest BCUT2D eigenvalue weighted by Gasteiger charge is 2.17. The van der Waals surface area contributed by atoms with Gasteiger partial charge in [0, 0.05) is 17.6 Å². The normalized spacial score (nSPS) is 10.8. The third-order valence-electron chi connectivity index (χ3n) is 5.04. The Kier molecular flexibility index (Phi) is 7.57. The highest BCUT2D eigenvalue weighted by Crippen LogP contribution is 2.39. The van der Waals surface area contributed by atoms with Crippen molar-refractivity contribution in [3.8, 4) is 17.2 Å². The first-order valence-electron chi connectivity index (χ1n) is 11.1. The maximum absolute atomic E-state index is 13.2. The van der Waals surface area contributed by atoms with Crippen molar-refractivity contribution in [2.24, 2.45) is 0 Å². The molecule has 32 heavy (non-hydrogen) atoms. The summed E-state index contributed by atoms with van der Waals surface area (Å²) in [6, 6.07) is 9.72. The number of amides is 1. The summed E-state index contributed by atoms with van der Waals surface area (Å²) in [6.07, 6.45) is 0. The van der Waals surface area contributed by atoms with E-state index in [1.807, 2.05) is 65.8 Å². The van der Waals surface area contributed by atoms with Crippen molar-refractivity contribution < 1.29 is 19.0 Å². The first-order valence-corrected chi connectivity index (χ1v) is 11.1. The number of carbonyl (C=O) groups is 1. The zero-order valence-electron chi connectivity index (χ0n) is 19.8. The van der Waals surface area contributed by atoms with Crippen LogP contribution in [-0.4, -0.2) is 30.7 Å². The highest BCUT2D eigenvalue weighted by atomic mass is 16.5. The van der Waals surface area contributed by atoms with Crippen LogP contribution in [-0.2, 0) is 6.54 Å². The summed E-state index contributed by atoms with van der Waals surface area (Å²) in [5.41, 5.74) is 5.33. The predicted molar refractivity (Wildman–Crippen MR) is 127 cm³/mol. The van der Waals surface area contributed by atoms with E-state index in [0.717, 1.165) is 33.3 Å². The van der Waals surface area contributed by atoms with Crippen molar-refractivity contribution in [3.05, 3.63) is 58.3 Å². The molecule has 170 valence electrons. The Balaban J connectivity index is 1.92. The van der Waals surface area contributed by atoms with Crippen LogP contribution in [0.3, 0.4) is 0 Å². The molecule has 1 amide bonds. The van der Waals surface area contributed by atoms with Crippen LogP contribution < -0.4 is 19.5 Å². The van der Waals surface area contributed by atoms with Crippen LogP contribution in [0, 0.1) is 20.8 Å². The molecule has 0 aliphatic heterocycles. The van der Waals surface area contributed by atoms with Crippen LogP contribution in [0.4, 0.5) is 0 Å². The second-order valence-corrected chi connectivity index (χ2v) is 7.69. The standard InChI is InChI=1S/C26H32N2O4/c1-7-30-22-13-19(14-23(31-8-2)25(22)32-9-3)15-27-26(29)21-12-18(6)28-24-17(5)10-16(4)11-20(21)24/h10-14H,7-9,15H2,1-6H3,(H,27,29). The minimum Gasteiger partial charge on any atom is -0.490 e. The average molecular weight is 437 g/mol. The van der Waals surface area contributed by atoms with Gasteiger partial charge in [0.2, 0.25) is 5.75 Å². The molecule has 0 unspecified atom stereocenters. The summed E-state index contributed by atoms with van der Waals surface area (Å²) < 4.78 is 17.3. The number of benzene rings is 2. The Morgan fingerprint density at radius 2 is 1.50 bits per heavy atom. The molecule has 0 spiro atoms. The number of hydrogen-bond acceptors (Lipinski definition) is 5. The minimum atomic E-state index is -0.143. The van der Waals surface area contributed by atoms with Gasteiger partial charge in [-0.05, 0) is 76.9 Å². The van der Waals surface area contributed by atoms with Crippen LogP contribution in [0.15, 0.2) is 30.3 Å². The summed E-state index contributed by atoms with van der Waals surface area (Å²) >= 11 is 0. The monoisotopic (exact) mass is 436 g/mol. The fourth-order valence-electron chi connectivity index (χ4n) is 3.82. The second kappa shape index (κ2) is 10.4. The van der Waals surface area contributed by atoms with Crippen molar-refractivity contribution in [1.82, 2.24) is 10.3 Å². The Morgan fingerprint density at radius 3 is 2.09 bits per heavy atom. The van der Waals surface area contributed by atoms with Gasteiger partial charge < -0.3 is 19.5 Å². The van der Waals surface area contributed by atoms with Crippen molar-refractivity contribution in [3.63, 3.8) is 0 Å². The van der Waals surface area contributed by atoms with Crippen LogP contribution in [0.25, 0.3) is 10.9 Å². The zero-order valence-corrected chi connectivity index (χ0v) is 19.8. The lowest BCUT2D eigenvalue weighted by atomic mass is 10.0. The lowest BCUT2D eigenvalue weighted by Crippen LogP contribution is -2.23. The van der Waals surface area contributed by atoms with Crippen LogP contribution >= 0.6 is 0 Å². The van der Waals surface area contributed by atoms with Gasteiger partial charge in [0.25, 0.3) is 5.91 Å². The fourth-order valence-corrected chi connectivity index (χ4v) is 3.82. The summed E-state index contributed by atoms with van der Waals surface area (Å²) in [7, 11) is 0. The fraction of sp³-hybridized carbons (Fsp3) is 0.385. The maximum Gasteiger partial charge on any atom is 0.252 e. The minimum absolute atomic E-state index is 0.143. The van der Waals surface area contributed by atoms with Gasteiger partial charge in [-0.3, -0.25) is 9.78 Å². The van der Waals surface area contributed by atoms with Crippen LogP contribution in [0.5, 0.6) is 17.2 Å². The Hall–Kier alpha value is -3.28. The van der Waals surface area contributed by atoms with Crippen molar-refractivity contribution in [1.29, 1.82) is 0 Å². The highest BCUT2D eigenvalue weighted by molar-refractivity contribution is 6.07. The molecule has 3 aromatic rings. The van der Waals surface area contributed by atoms with Gasteiger partial charge in [-0.2, -0.15) is 0 Å². The quantitative estimate of drug-likeness (QED) is 0.494. The van der Waals surface area contributed by atoms with Gasteiger partial charge in [-0.1, -0.05) is 11.6 Å². The van der Waals surface area contributed by atoms with E-state index in [-0.39, 0.29) is 5.91 Å². The SMILES string of the molecule is CCOc1cc(CNC(=O)c2cc(C)nc3c(C)cc(C)cc23)cc(OCC)c1OCC. The Bertz CT molecular complexity index is 1100. The molecule has 0 fully saturated rings. The number of hydrogen-bond donors (Lipinski definition) is 1. The number of aryl methyl sites for hydroxylation is 3. The molecule has 1 heterocycles. The van der Waals surface area contributed by atoms with Gasteiger partial charge in [-0.15, -0.1) is 0 Å². The number of nitrogens with zero attached hydrogens (tertiary/aromatic N) is 1. The molecule has 0 aliphatic rings. The van der Waals surface area contributed by atoms with Crippen molar-refractivity contribution in [2.45, 2.75) is 48.1 Å². The van der Waals surface area contributed by atoms with E-state index >= 15 is 0 Å². The third-order valence-corrected chi connectivity index (χ3v) is 5.04. The third kappa shape index (κ3) is 5.13. The molecule has 1 aromatic heterocycles. The Labute approximate surface area is 189 Å². The van der Waals surface area contributed by atoms with E-state index in [1.54, 1.807) is 0 Å². The smallest absolute Gasteiger partial charge is 0.252 e. The molecule has 0 bridgehead atoms. The number of carbonyl (C=O) groups excluding carboxylic acids is 1. The summed E-state index contributed by atoms with van der Waals surface area (Å²) in [5.74, 6) is 1.67. The van der Waals surface area contributed by atoms with E-state index in [0.29, 0.717) is 49.2 Å². The van der Waals surface area contributed by atoms with E-state index in [2.05, 4.69) is 16.4 Å². The molecule has 1 N–H and O–H groups in total. The molecule has 0 saturated heterocycles. The van der Waals surface area contributed by atoms with Gasteiger partial charge in [-0.25, -0.2) is 0 Å². The number of nitrogens with one attached hydrogen (secondary N) is 1. The van der Waals surface area contributed by atoms with Crippen LogP contribution in [0.2, 0.25) is 0 Å². The molecular formula is C26H32N2O4. The number of fused-ring (bicyclic) bond motifs is 1. The van der Waals surface area contributed by atoms with Crippen molar-refractivity contribution in [2.75, 3.05) is 19.8 Å². The molecule has 0 aliphatic carbocycles. The zero-order chi connectivity index (χ0) is 23.3. The summed E-state index contributed by atoms with van der Waals surface area (Å²) in [6.45, 7) is 13.6. The molecular weight excluding hydrogens is 404 g/mol. The largest absolute Gasteiger partial charge is 0.490 e. The van der Waals surface area contributed by atoms with Crippen molar-refractivity contribution >= 4 is 16.8 Å². The summed E-state index contributed by atoms with van der Waals surface area (Å²) in [5, 5.41) is 3.91. The topological polar surface area (TPSA) is 69.7 Å². The van der Waals surface area contributed by atoms with E-state index in [9.17, 15) is 4.79 Å². The van der Waals surface area contributed by atoms with E-state index < -0.39 is 0 Å². The van der Waals surface area contributed by atoms with Crippen LogP contribution in [0.1, 0.15) is 53.5 Å². The van der Waals surface area contributed by atoms with Gasteiger partial charge in [0.15, 0.2) is 11.5 Å². The number of aromatic nitrogens is 1. The maximum atomic E-state index is 13.2. The molecule has 6 nitrogen and oxygen atoms in total. The lowest BCUT2D eigenvalue weighted by Gasteiger charge is -2.17. The molecule has 0 atom stereocenters. The molecule has 3 rings (SSSR count). The summed E-state index contributed by atoms with van der Waals surface area (Å²) in [4.78, 5) is 17.8. The predicted octanol–water partition coefficient (Wildman–Crippen LogP) is 5.29. The lowest BCUT2D eigenvalue weighted by molar-refractivity contribution is 0.0952. The molecule has 2 aromatic carbocycles. The van der Waals surface area contributed by atoms with E-state index in [4.69, 9.17) is 14.2 Å². The van der Waals surface area contributed by atoms with Gasteiger partial charge >= 0.3 is 0 Å². The number of ether oxygens (including phenoxy) is 3. The number of rotatable bonds is 9. The second-order valence-electron chi connectivity index (χ2n) is 7.69. The van der Waals surface area contributed by atoms with E-state index in [1.165, 1.54) is 0 Å². The van der Waals surface area contributed by atoms with Gasteiger partial charge in [0.05, 0.1) is 30.9 Å². The number of pyridine rings is 1. The van der Waals surface area contributed by atoms with Gasteiger partial charge in [0.1, 0.15) is 0 Å². The first kappa shape index (κ1) is 23.4. The Morgan fingerprint density at radius 1 is 0.875 bits per heavy atom. The average Bonchev–Trinajstić information content (AvgIpc) is 2.74. The molecule has 0 saturated carbocycles. The first-order chi connectivity index (χ1) is 15.4.